The third kappa shape index (κ3) is 6.92. The zero-order valence-corrected chi connectivity index (χ0v) is 10.9. The molecule has 1 aromatic carbocycles. The summed E-state index contributed by atoms with van der Waals surface area (Å²) >= 11 is 0. The van der Waals surface area contributed by atoms with Crippen molar-refractivity contribution in [3.05, 3.63) is 48.0 Å². The van der Waals surface area contributed by atoms with Gasteiger partial charge in [0.25, 0.3) is 10.1 Å². The molecule has 1 aromatic heterocycles. The van der Waals surface area contributed by atoms with E-state index in [1.54, 1.807) is 23.1 Å². The lowest BCUT2D eigenvalue weighted by atomic mass is 10.1. The lowest BCUT2D eigenvalue weighted by molar-refractivity contribution is 0.490. The molecular formula is C11H12N4O3S. The quantitative estimate of drug-likeness (QED) is 0.811. The van der Waals surface area contributed by atoms with Gasteiger partial charge in [-0.3, -0.25) is 4.55 Å². The van der Waals surface area contributed by atoms with E-state index < -0.39 is 10.1 Å². The summed E-state index contributed by atoms with van der Waals surface area (Å²) in [6, 6.07) is 9.51. The molecule has 2 aromatic rings. The number of aromatic nitrogens is 3. The minimum Gasteiger partial charge on any atom is -0.286 e. The molecule has 0 unspecified atom stereocenters. The van der Waals surface area contributed by atoms with Gasteiger partial charge in [-0.2, -0.15) is 18.8 Å². The minimum atomic E-state index is -3.67. The van der Waals surface area contributed by atoms with Crippen LogP contribution >= 0.6 is 0 Å². The van der Waals surface area contributed by atoms with Crippen molar-refractivity contribution in [1.82, 2.24) is 14.8 Å². The van der Waals surface area contributed by atoms with E-state index in [-0.39, 0.29) is 0 Å². The Labute approximate surface area is 110 Å². The fraction of sp³-hybridized carbons (Fsp3) is 0.182. The van der Waals surface area contributed by atoms with Crippen LogP contribution in [0.4, 0.5) is 0 Å². The molecule has 0 aliphatic rings. The molecule has 100 valence electrons. The van der Waals surface area contributed by atoms with Crippen molar-refractivity contribution in [3.63, 3.8) is 0 Å². The van der Waals surface area contributed by atoms with Crippen LogP contribution in [0.15, 0.2) is 36.9 Å². The topological polar surface area (TPSA) is 109 Å². The number of nitrogens with zero attached hydrogens (tertiary/aromatic N) is 4. The van der Waals surface area contributed by atoms with Crippen LogP contribution in [0.5, 0.6) is 0 Å². The van der Waals surface area contributed by atoms with Gasteiger partial charge in [0.2, 0.25) is 0 Å². The van der Waals surface area contributed by atoms with Crippen molar-refractivity contribution in [1.29, 1.82) is 5.26 Å². The van der Waals surface area contributed by atoms with E-state index in [0.717, 1.165) is 5.56 Å². The summed E-state index contributed by atoms with van der Waals surface area (Å²) in [5.74, 6) is 0. The minimum absolute atomic E-state index is 0.673. The molecule has 19 heavy (non-hydrogen) atoms. The highest BCUT2D eigenvalue weighted by Gasteiger charge is 1.95. The zero-order valence-electron chi connectivity index (χ0n) is 10.1. The Hall–Kier alpha value is -2.24. The third-order valence-electron chi connectivity index (χ3n) is 1.89. The van der Waals surface area contributed by atoms with Crippen molar-refractivity contribution in [2.75, 3.05) is 6.26 Å². The Balaban J connectivity index is 0.000000312. The molecule has 0 saturated carbocycles. The molecule has 8 heteroatoms. The normalized spacial score (nSPS) is 10.2. The summed E-state index contributed by atoms with van der Waals surface area (Å²) in [5.41, 5.74) is 1.78. The standard InChI is InChI=1S/C10H8N4.CH4O3S/c11-5-9-1-3-10(4-2-9)6-14-8-12-7-13-14;1-5(2,3)4/h1-4,7-8H,6H2;1H3,(H,2,3,4). The van der Waals surface area contributed by atoms with E-state index in [1.807, 2.05) is 12.1 Å². The molecule has 1 N–H and O–H groups in total. The van der Waals surface area contributed by atoms with Gasteiger partial charge in [-0.25, -0.2) is 9.67 Å². The molecule has 0 fully saturated rings. The molecule has 1 heterocycles. The van der Waals surface area contributed by atoms with Gasteiger partial charge >= 0.3 is 0 Å². The summed E-state index contributed by atoms with van der Waals surface area (Å²) in [6.45, 7) is 0.686. The number of rotatable bonds is 2. The SMILES string of the molecule is CS(=O)(=O)O.N#Cc1ccc(Cn2cncn2)cc1. The first-order valence-electron chi connectivity index (χ1n) is 5.12. The lowest BCUT2D eigenvalue weighted by Crippen LogP contribution is -1.99. The molecule has 0 aliphatic carbocycles. The number of benzene rings is 1. The van der Waals surface area contributed by atoms with E-state index in [4.69, 9.17) is 9.81 Å². The maximum absolute atomic E-state index is 9.19. The third-order valence-corrected chi connectivity index (χ3v) is 1.89. The monoisotopic (exact) mass is 280 g/mol. The highest BCUT2D eigenvalue weighted by Crippen LogP contribution is 2.04. The molecular weight excluding hydrogens is 268 g/mol. The largest absolute Gasteiger partial charge is 0.286 e. The molecule has 0 aliphatic heterocycles. The highest BCUT2D eigenvalue weighted by atomic mass is 32.2. The van der Waals surface area contributed by atoms with E-state index in [2.05, 4.69) is 16.2 Å². The van der Waals surface area contributed by atoms with E-state index >= 15 is 0 Å². The second-order valence-electron chi connectivity index (χ2n) is 3.63. The number of nitriles is 1. The Morgan fingerprint density at radius 1 is 1.37 bits per heavy atom. The van der Waals surface area contributed by atoms with Gasteiger partial charge in [0.1, 0.15) is 12.7 Å². The van der Waals surface area contributed by atoms with Crippen LogP contribution in [-0.2, 0) is 16.7 Å². The average Bonchev–Trinajstić information content (AvgIpc) is 2.81. The maximum atomic E-state index is 9.19. The average molecular weight is 280 g/mol. The molecule has 2 rings (SSSR count). The van der Waals surface area contributed by atoms with Crippen LogP contribution in [0, 0.1) is 11.3 Å². The Morgan fingerprint density at radius 3 is 2.37 bits per heavy atom. The van der Waals surface area contributed by atoms with Gasteiger partial charge in [0.15, 0.2) is 0 Å². The van der Waals surface area contributed by atoms with Crippen LogP contribution in [0.2, 0.25) is 0 Å². The van der Waals surface area contributed by atoms with Crippen LogP contribution in [-0.4, -0.2) is 34.0 Å². The first kappa shape index (κ1) is 14.8. The summed E-state index contributed by atoms with van der Waals surface area (Å²) in [4.78, 5) is 3.85. The smallest absolute Gasteiger partial charge is 0.261 e. The van der Waals surface area contributed by atoms with Gasteiger partial charge in [-0.05, 0) is 17.7 Å². The fourth-order valence-corrected chi connectivity index (χ4v) is 1.19. The van der Waals surface area contributed by atoms with E-state index in [9.17, 15) is 8.42 Å². The van der Waals surface area contributed by atoms with Crippen LogP contribution in [0.1, 0.15) is 11.1 Å². The van der Waals surface area contributed by atoms with Crippen molar-refractivity contribution in [3.8, 4) is 6.07 Å². The maximum Gasteiger partial charge on any atom is 0.261 e. The van der Waals surface area contributed by atoms with Crippen molar-refractivity contribution in [2.45, 2.75) is 6.54 Å². The summed E-state index contributed by atoms with van der Waals surface area (Å²) in [7, 11) is -3.67. The fourth-order valence-electron chi connectivity index (χ4n) is 1.19. The van der Waals surface area contributed by atoms with E-state index in [1.165, 1.54) is 6.33 Å². The zero-order chi connectivity index (χ0) is 14.3. The highest BCUT2D eigenvalue weighted by molar-refractivity contribution is 7.85. The van der Waals surface area contributed by atoms with Gasteiger partial charge < -0.3 is 0 Å². The van der Waals surface area contributed by atoms with Crippen molar-refractivity contribution >= 4 is 10.1 Å². The Bertz CT molecular complexity index is 634. The predicted molar refractivity (Wildman–Crippen MR) is 67.8 cm³/mol. The molecule has 0 radical (unpaired) electrons. The predicted octanol–water partition coefficient (Wildman–Crippen LogP) is 0.702. The molecule has 0 atom stereocenters. The molecule has 0 saturated heterocycles. The van der Waals surface area contributed by atoms with Crippen LogP contribution in [0.3, 0.4) is 0 Å². The second kappa shape index (κ2) is 6.63. The molecule has 0 bridgehead atoms. The van der Waals surface area contributed by atoms with Crippen molar-refractivity contribution in [2.24, 2.45) is 0 Å². The first-order chi connectivity index (χ1) is 8.88. The van der Waals surface area contributed by atoms with Gasteiger partial charge in [-0.15, -0.1) is 0 Å². The molecule has 7 nitrogen and oxygen atoms in total. The van der Waals surface area contributed by atoms with Crippen LogP contribution < -0.4 is 0 Å². The molecule has 0 spiro atoms. The molecule has 0 amide bonds. The lowest BCUT2D eigenvalue weighted by Gasteiger charge is -2.00. The van der Waals surface area contributed by atoms with Gasteiger partial charge in [0.05, 0.1) is 24.4 Å². The van der Waals surface area contributed by atoms with Gasteiger partial charge in [-0.1, -0.05) is 12.1 Å². The number of hydrogen-bond donors (Lipinski definition) is 1. The second-order valence-corrected chi connectivity index (χ2v) is 5.10. The first-order valence-corrected chi connectivity index (χ1v) is 6.97. The van der Waals surface area contributed by atoms with E-state index in [0.29, 0.717) is 18.4 Å². The Kier molecular flexibility index (Phi) is 5.17. The summed E-state index contributed by atoms with van der Waals surface area (Å²) in [5, 5.41) is 12.6. The Morgan fingerprint density at radius 2 is 1.95 bits per heavy atom. The summed E-state index contributed by atoms with van der Waals surface area (Å²) in [6.07, 6.45) is 3.88. The summed E-state index contributed by atoms with van der Waals surface area (Å²) < 4.78 is 27.6. The van der Waals surface area contributed by atoms with Gasteiger partial charge in [0, 0.05) is 0 Å². The number of hydrogen-bond acceptors (Lipinski definition) is 5. The van der Waals surface area contributed by atoms with Crippen LogP contribution in [0.25, 0.3) is 0 Å². The van der Waals surface area contributed by atoms with Crippen molar-refractivity contribution < 1.29 is 13.0 Å².